The van der Waals surface area contributed by atoms with Gasteiger partial charge in [-0.05, 0) is 30.2 Å². The van der Waals surface area contributed by atoms with Gasteiger partial charge in [-0.1, -0.05) is 30.7 Å². The number of amides is 2. The first-order chi connectivity index (χ1) is 13.9. The normalized spacial score (nSPS) is 15.9. The molecule has 1 aliphatic rings. The molecular weight excluding hydrogens is 394 g/mol. The number of aryl methyl sites for hydroxylation is 1. The van der Waals surface area contributed by atoms with Crippen LogP contribution in [0.25, 0.3) is 0 Å². The van der Waals surface area contributed by atoms with Gasteiger partial charge in [0.15, 0.2) is 0 Å². The standard InChI is InChI=1S/C20H24ClN5O3/c1-2-9-26-17(27)8-7-16(23-26)20(29)25-12-10-24(11-13-25)18(19(22)28)14-3-5-15(21)6-4-14/h3-8,18H,2,9-13H2,1H3,(H2,22,28). The molecule has 1 fully saturated rings. The van der Waals surface area contributed by atoms with Crippen molar-refractivity contribution in [1.29, 1.82) is 0 Å². The zero-order valence-corrected chi connectivity index (χ0v) is 17.0. The molecular formula is C20H24ClN5O3. The fraction of sp³-hybridized carbons (Fsp3) is 0.400. The minimum Gasteiger partial charge on any atom is -0.368 e. The van der Waals surface area contributed by atoms with E-state index < -0.39 is 11.9 Å². The number of piperazine rings is 1. The topological polar surface area (TPSA) is 102 Å². The summed E-state index contributed by atoms with van der Waals surface area (Å²) in [5, 5.41) is 4.78. The molecule has 0 bridgehead atoms. The number of carbonyl (C=O) groups is 2. The van der Waals surface area contributed by atoms with Gasteiger partial charge in [-0.3, -0.25) is 19.3 Å². The number of rotatable bonds is 6. The Morgan fingerprint density at radius 1 is 1.10 bits per heavy atom. The van der Waals surface area contributed by atoms with Crippen LogP contribution in [0.5, 0.6) is 0 Å². The molecule has 0 spiro atoms. The van der Waals surface area contributed by atoms with E-state index in [9.17, 15) is 14.4 Å². The second-order valence-electron chi connectivity index (χ2n) is 6.96. The first-order valence-electron chi connectivity index (χ1n) is 9.57. The van der Waals surface area contributed by atoms with Gasteiger partial charge < -0.3 is 10.6 Å². The Kier molecular flexibility index (Phi) is 6.66. The van der Waals surface area contributed by atoms with Crippen LogP contribution in [0.1, 0.15) is 35.4 Å². The van der Waals surface area contributed by atoms with Crippen molar-refractivity contribution < 1.29 is 9.59 Å². The first kappa shape index (κ1) is 21.0. The Morgan fingerprint density at radius 2 is 1.76 bits per heavy atom. The van der Waals surface area contributed by atoms with Crippen LogP contribution in [0.15, 0.2) is 41.2 Å². The van der Waals surface area contributed by atoms with Crippen LogP contribution in [-0.2, 0) is 11.3 Å². The molecule has 1 aromatic heterocycles. The Labute approximate surface area is 173 Å². The molecule has 1 aliphatic heterocycles. The smallest absolute Gasteiger partial charge is 0.274 e. The summed E-state index contributed by atoms with van der Waals surface area (Å²) in [7, 11) is 0. The maximum Gasteiger partial charge on any atom is 0.274 e. The van der Waals surface area contributed by atoms with Gasteiger partial charge in [-0.15, -0.1) is 0 Å². The van der Waals surface area contributed by atoms with Crippen molar-refractivity contribution in [3.8, 4) is 0 Å². The van der Waals surface area contributed by atoms with Crippen molar-refractivity contribution in [2.24, 2.45) is 5.73 Å². The highest BCUT2D eigenvalue weighted by Gasteiger charge is 2.31. The van der Waals surface area contributed by atoms with Crippen molar-refractivity contribution >= 4 is 23.4 Å². The molecule has 1 unspecified atom stereocenters. The van der Waals surface area contributed by atoms with Crippen molar-refractivity contribution in [3.05, 3.63) is 63.0 Å². The Balaban J connectivity index is 1.70. The number of benzene rings is 1. The van der Waals surface area contributed by atoms with Crippen LogP contribution in [0, 0.1) is 0 Å². The number of carbonyl (C=O) groups excluding carboxylic acids is 2. The molecule has 2 heterocycles. The third kappa shape index (κ3) is 4.83. The van der Waals surface area contributed by atoms with Gasteiger partial charge in [0.1, 0.15) is 11.7 Å². The maximum absolute atomic E-state index is 12.8. The summed E-state index contributed by atoms with van der Waals surface area (Å²) in [4.78, 5) is 40.3. The van der Waals surface area contributed by atoms with E-state index in [-0.39, 0.29) is 17.2 Å². The lowest BCUT2D eigenvalue weighted by atomic mass is 10.0. The molecule has 0 aliphatic carbocycles. The molecule has 2 amide bonds. The molecule has 9 heteroatoms. The molecule has 29 heavy (non-hydrogen) atoms. The van der Waals surface area contributed by atoms with E-state index in [0.29, 0.717) is 37.7 Å². The van der Waals surface area contributed by atoms with E-state index in [1.54, 1.807) is 29.2 Å². The molecule has 0 radical (unpaired) electrons. The minimum absolute atomic E-state index is 0.222. The number of nitrogens with two attached hydrogens (primary N) is 1. The van der Waals surface area contributed by atoms with Gasteiger partial charge >= 0.3 is 0 Å². The van der Waals surface area contributed by atoms with Gasteiger partial charge in [-0.2, -0.15) is 5.10 Å². The van der Waals surface area contributed by atoms with Crippen molar-refractivity contribution in [2.45, 2.75) is 25.9 Å². The van der Waals surface area contributed by atoms with Crippen LogP contribution in [0.3, 0.4) is 0 Å². The third-order valence-corrected chi connectivity index (χ3v) is 5.19. The van der Waals surface area contributed by atoms with E-state index in [0.717, 1.165) is 12.0 Å². The molecule has 3 rings (SSSR count). The molecule has 2 aromatic rings. The van der Waals surface area contributed by atoms with Gasteiger partial charge in [-0.25, -0.2) is 4.68 Å². The third-order valence-electron chi connectivity index (χ3n) is 4.94. The summed E-state index contributed by atoms with van der Waals surface area (Å²) in [6, 6.07) is 9.28. The summed E-state index contributed by atoms with van der Waals surface area (Å²) < 4.78 is 1.31. The Hall–Kier alpha value is -2.71. The van der Waals surface area contributed by atoms with E-state index in [2.05, 4.69) is 5.10 Å². The molecule has 1 aromatic carbocycles. The molecule has 8 nitrogen and oxygen atoms in total. The largest absolute Gasteiger partial charge is 0.368 e. The van der Waals surface area contributed by atoms with Crippen molar-refractivity contribution in [1.82, 2.24) is 19.6 Å². The fourth-order valence-electron chi connectivity index (χ4n) is 3.48. The average molecular weight is 418 g/mol. The maximum atomic E-state index is 12.8. The fourth-order valence-corrected chi connectivity index (χ4v) is 3.61. The second-order valence-corrected chi connectivity index (χ2v) is 7.40. The lowest BCUT2D eigenvalue weighted by molar-refractivity contribution is -0.124. The van der Waals surface area contributed by atoms with E-state index in [1.165, 1.54) is 16.8 Å². The van der Waals surface area contributed by atoms with Crippen molar-refractivity contribution in [3.63, 3.8) is 0 Å². The molecule has 1 saturated heterocycles. The van der Waals surface area contributed by atoms with Crippen LogP contribution in [0.4, 0.5) is 0 Å². The monoisotopic (exact) mass is 417 g/mol. The zero-order chi connectivity index (χ0) is 21.0. The SMILES string of the molecule is CCCn1nc(C(=O)N2CCN(C(C(N)=O)c3ccc(Cl)cc3)CC2)ccc1=O. The number of primary amides is 1. The number of halogens is 1. The number of hydrogen-bond donors (Lipinski definition) is 1. The highest BCUT2D eigenvalue weighted by Crippen LogP contribution is 2.24. The molecule has 2 N–H and O–H groups in total. The van der Waals surface area contributed by atoms with Crippen LogP contribution in [-0.4, -0.2) is 57.6 Å². The molecule has 0 saturated carbocycles. The zero-order valence-electron chi connectivity index (χ0n) is 16.3. The number of nitrogens with zero attached hydrogens (tertiary/aromatic N) is 4. The predicted molar refractivity (Wildman–Crippen MR) is 110 cm³/mol. The van der Waals surface area contributed by atoms with Crippen LogP contribution >= 0.6 is 11.6 Å². The first-order valence-corrected chi connectivity index (χ1v) is 9.94. The quantitative estimate of drug-likeness (QED) is 0.763. The number of aromatic nitrogens is 2. The lowest BCUT2D eigenvalue weighted by Crippen LogP contribution is -2.52. The highest BCUT2D eigenvalue weighted by molar-refractivity contribution is 6.30. The minimum atomic E-state index is -0.575. The Bertz CT molecular complexity index is 936. The highest BCUT2D eigenvalue weighted by atomic mass is 35.5. The second kappa shape index (κ2) is 9.19. The van der Waals surface area contributed by atoms with E-state index in [4.69, 9.17) is 17.3 Å². The summed E-state index contributed by atoms with van der Waals surface area (Å²) in [5.41, 5.74) is 6.44. The van der Waals surface area contributed by atoms with Crippen molar-refractivity contribution in [2.75, 3.05) is 26.2 Å². The summed E-state index contributed by atoms with van der Waals surface area (Å²) in [6.45, 7) is 4.27. The Morgan fingerprint density at radius 3 is 2.34 bits per heavy atom. The van der Waals surface area contributed by atoms with Gasteiger partial charge in [0.05, 0.1) is 0 Å². The van der Waals surface area contributed by atoms with Gasteiger partial charge in [0.2, 0.25) is 5.91 Å². The van der Waals surface area contributed by atoms with E-state index >= 15 is 0 Å². The van der Waals surface area contributed by atoms with Gasteiger partial charge in [0, 0.05) is 43.8 Å². The molecule has 154 valence electrons. The molecule has 1 atom stereocenters. The van der Waals surface area contributed by atoms with Gasteiger partial charge in [0.25, 0.3) is 11.5 Å². The average Bonchev–Trinajstić information content (AvgIpc) is 2.71. The van der Waals surface area contributed by atoms with Crippen LogP contribution in [0.2, 0.25) is 5.02 Å². The summed E-state index contributed by atoms with van der Waals surface area (Å²) in [6.07, 6.45) is 0.752. The number of hydrogen-bond acceptors (Lipinski definition) is 5. The van der Waals surface area contributed by atoms with E-state index in [1.807, 2.05) is 11.8 Å². The summed E-state index contributed by atoms with van der Waals surface area (Å²) in [5.74, 6) is -0.669. The summed E-state index contributed by atoms with van der Waals surface area (Å²) >= 11 is 5.93. The predicted octanol–water partition coefficient (Wildman–Crippen LogP) is 1.29. The van der Waals surface area contributed by atoms with Crippen LogP contribution < -0.4 is 11.3 Å². The lowest BCUT2D eigenvalue weighted by Gasteiger charge is -2.38.